The standard InChI is InChI=1S/C25H27N3O6/c1-32-20-9-6-17-10-21(20)33-14-23(29)26-11-15-2-7-18(8-3-15)34-22-13-28(25(31)16-4-5-16)12-19(22)27-24(17)30/h2-3,6-10,16,19,22H,4-5,11-14H2,1H3,(H,26,29)(H,27,30)/t19-,22-/m0/s1. The summed E-state index contributed by atoms with van der Waals surface area (Å²) in [6, 6.07) is 11.8. The molecular weight excluding hydrogens is 438 g/mol. The third-order valence-electron chi connectivity index (χ3n) is 6.31. The normalized spacial score (nSPS) is 22.6. The molecule has 1 saturated carbocycles. The highest BCUT2D eigenvalue weighted by Gasteiger charge is 2.42. The van der Waals surface area contributed by atoms with Gasteiger partial charge in [0.1, 0.15) is 11.9 Å². The Morgan fingerprint density at radius 3 is 2.62 bits per heavy atom. The molecule has 1 aliphatic carbocycles. The molecule has 9 nitrogen and oxygen atoms in total. The number of methoxy groups -OCH3 is 1. The largest absolute Gasteiger partial charge is 0.493 e. The Hall–Kier alpha value is -3.75. The van der Waals surface area contributed by atoms with Crippen molar-refractivity contribution in [2.24, 2.45) is 5.92 Å². The van der Waals surface area contributed by atoms with Crippen LogP contribution in [0.3, 0.4) is 0 Å². The molecule has 6 rings (SSSR count). The van der Waals surface area contributed by atoms with E-state index in [-0.39, 0.29) is 42.4 Å². The molecule has 4 aliphatic rings. The topological polar surface area (TPSA) is 106 Å². The van der Waals surface area contributed by atoms with E-state index in [0.717, 1.165) is 18.4 Å². The second-order valence-electron chi connectivity index (χ2n) is 8.83. The van der Waals surface area contributed by atoms with Crippen molar-refractivity contribution in [2.45, 2.75) is 31.5 Å². The fourth-order valence-electron chi connectivity index (χ4n) is 4.24. The van der Waals surface area contributed by atoms with E-state index >= 15 is 0 Å². The molecule has 178 valence electrons. The SMILES string of the molecule is COc1ccc2cc1OCC(=O)NCc1ccc(cc1)O[C@H]1CN(C(=O)C3CC3)C[C@@H]1NC2=O. The van der Waals surface area contributed by atoms with Crippen LogP contribution in [0.25, 0.3) is 0 Å². The number of hydrogen-bond acceptors (Lipinski definition) is 6. The van der Waals surface area contributed by atoms with E-state index in [1.165, 1.54) is 7.11 Å². The summed E-state index contributed by atoms with van der Waals surface area (Å²) in [5.41, 5.74) is 1.27. The summed E-state index contributed by atoms with van der Waals surface area (Å²) in [6.07, 6.45) is 1.46. The van der Waals surface area contributed by atoms with Crippen molar-refractivity contribution in [2.75, 3.05) is 26.8 Å². The van der Waals surface area contributed by atoms with Crippen molar-refractivity contribution < 1.29 is 28.6 Å². The first-order chi connectivity index (χ1) is 16.5. The zero-order chi connectivity index (χ0) is 23.7. The number of carbonyl (C=O) groups excluding carboxylic acids is 3. The molecule has 0 spiro atoms. The molecule has 4 bridgehead atoms. The molecule has 2 aromatic carbocycles. The lowest BCUT2D eigenvalue weighted by atomic mass is 10.1. The van der Waals surface area contributed by atoms with E-state index < -0.39 is 0 Å². The highest BCUT2D eigenvalue weighted by atomic mass is 16.5. The van der Waals surface area contributed by atoms with Crippen LogP contribution < -0.4 is 24.8 Å². The van der Waals surface area contributed by atoms with Crippen molar-refractivity contribution in [3.8, 4) is 17.2 Å². The van der Waals surface area contributed by atoms with Crippen molar-refractivity contribution >= 4 is 17.7 Å². The van der Waals surface area contributed by atoms with Crippen LogP contribution in [0, 0.1) is 5.92 Å². The number of ether oxygens (including phenoxy) is 3. The summed E-state index contributed by atoms with van der Waals surface area (Å²) < 4.78 is 17.2. The van der Waals surface area contributed by atoms with Crippen molar-refractivity contribution in [3.05, 3.63) is 53.6 Å². The van der Waals surface area contributed by atoms with E-state index in [1.807, 2.05) is 24.3 Å². The molecule has 9 heteroatoms. The van der Waals surface area contributed by atoms with Crippen LogP contribution in [0.2, 0.25) is 0 Å². The number of hydrogen-bond donors (Lipinski definition) is 2. The summed E-state index contributed by atoms with van der Waals surface area (Å²) in [5.74, 6) is 0.950. The minimum absolute atomic E-state index is 0.0939. The Kier molecular flexibility index (Phi) is 6.00. The van der Waals surface area contributed by atoms with E-state index in [9.17, 15) is 14.4 Å². The van der Waals surface area contributed by atoms with Crippen molar-refractivity contribution in [1.29, 1.82) is 0 Å². The molecule has 0 aromatic heterocycles. The summed E-state index contributed by atoms with van der Waals surface area (Å²) >= 11 is 0. The number of amides is 3. The van der Waals surface area contributed by atoms with Gasteiger partial charge in [0.2, 0.25) is 5.91 Å². The molecule has 0 radical (unpaired) electrons. The quantitative estimate of drug-likeness (QED) is 0.697. The Morgan fingerprint density at radius 1 is 1.09 bits per heavy atom. The fourth-order valence-corrected chi connectivity index (χ4v) is 4.24. The smallest absolute Gasteiger partial charge is 0.258 e. The highest BCUT2D eigenvalue weighted by molar-refractivity contribution is 5.95. The molecule has 3 amide bonds. The molecule has 2 N–H and O–H groups in total. The van der Waals surface area contributed by atoms with Crippen LogP contribution in [-0.2, 0) is 16.1 Å². The zero-order valence-corrected chi connectivity index (χ0v) is 18.9. The van der Waals surface area contributed by atoms with Gasteiger partial charge in [-0.25, -0.2) is 0 Å². The molecule has 2 atom stereocenters. The minimum Gasteiger partial charge on any atom is -0.493 e. The predicted octanol–water partition coefficient (Wildman–Crippen LogP) is 1.50. The molecule has 34 heavy (non-hydrogen) atoms. The van der Waals surface area contributed by atoms with Gasteiger partial charge in [-0.3, -0.25) is 14.4 Å². The number of carbonyl (C=O) groups is 3. The Bertz CT molecular complexity index is 1100. The number of benzene rings is 2. The monoisotopic (exact) mass is 465 g/mol. The van der Waals surface area contributed by atoms with E-state index in [0.29, 0.717) is 42.4 Å². The van der Waals surface area contributed by atoms with Gasteiger partial charge < -0.3 is 29.7 Å². The number of nitrogens with one attached hydrogen (secondary N) is 2. The minimum atomic E-state index is -0.387. The van der Waals surface area contributed by atoms with Gasteiger partial charge in [-0.05, 0) is 48.7 Å². The van der Waals surface area contributed by atoms with Gasteiger partial charge in [-0.1, -0.05) is 12.1 Å². The number of likely N-dealkylation sites (tertiary alicyclic amines) is 1. The first-order valence-corrected chi connectivity index (χ1v) is 11.4. The third-order valence-corrected chi connectivity index (χ3v) is 6.31. The summed E-state index contributed by atoms with van der Waals surface area (Å²) in [5, 5.41) is 5.84. The molecule has 2 aromatic rings. The first kappa shape index (κ1) is 22.1. The predicted molar refractivity (Wildman–Crippen MR) is 122 cm³/mol. The second-order valence-corrected chi connectivity index (χ2v) is 8.83. The molecule has 3 aliphatic heterocycles. The van der Waals surface area contributed by atoms with Crippen LogP contribution in [0.4, 0.5) is 0 Å². The Labute approximate surface area is 197 Å². The Balaban J connectivity index is 1.44. The first-order valence-electron chi connectivity index (χ1n) is 11.4. The summed E-state index contributed by atoms with van der Waals surface area (Å²) in [7, 11) is 1.49. The lowest BCUT2D eigenvalue weighted by molar-refractivity contribution is -0.131. The average molecular weight is 466 g/mol. The lowest BCUT2D eigenvalue weighted by Crippen LogP contribution is -2.45. The number of nitrogens with zero attached hydrogens (tertiary/aromatic N) is 1. The molecule has 3 heterocycles. The average Bonchev–Trinajstić information content (AvgIpc) is 3.63. The van der Waals surface area contributed by atoms with Gasteiger partial charge in [0.15, 0.2) is 18.1 Å². The van der Waals surface area contributed by atoms with Crippen LogP contribution in [-0.4, -0.2) is 61.6 Å². The number of rotatable bonds is 2. The zero-order valence-electron chi connectivity index (χ0n) is 18.9. The summed E-state index contributed by atoms with van der Waals surface area (Å²) in [4.78, 5) is 39.9. The second kappa shape index (κ2) is 9.24. The van der Waals surface area contributed by atoms with Gasteiger partial charge in [-0.2, -0.15) is 0 Å². The maximum atomic E-state index is 13.1. The van der Waals surface area contributed by atoms with Gasteiger partial charge >= 0.3 is 0 Å². The van der Waals surface area contributed by atoms with Gasteiger partial charge in [-0.15, -0.1) is 0 Å². The van der Waals surface area contributed by atoms with Crippen molar-refractivity contribution in [3.63, 3.8) is 0 Å². The van der Waals surface area contributed by atoms with Crippen LogP contribution in [0.5, 0.6) is 17.2 Å². The maximum absolute atomic E-state index is 13.1. The molecule has 1 saturated heterocycles. The van der Waals surface area contributed by atoms with E-state index in [1.54, 1.807) is 23.1 Å². The third kappa shape index (κ3) is 4.78. The van der Waals surface area contributed by atoms with Gasteiger partial charge in [0.25, 0.3) is 11.8 Å². The summed E-state index contributed by atoms with van der Waals surface area (Å²) in [6.45, 7) is 0.928. The van der Waals surface area contributed by atoms with Crippen LogP contribution >= 0.6 is 0 Å². The molecule has 2 fully saturated rings. The van der Waals surface area contributed by atoms with Crippen molar-refractivity contribution in [1.82, 2.24) is 15.5 Å². The van der Waals surface area contributed by atoms with Gasteiger partial charge in [0.05, 0.1) is 19.7 Å². The Morgan fingerprint density at radius 2 is 1.88 bits per heavy atom. The lowest BCUT2D eigenvalue weighted by Gasteiger charge is -2.21. The molecule has 0 unspecified atom stereocenters. The fraction of sp³-hybridized carbons (Fsp3) is 0.400. The van der Waals surface area contributed by atoms with Gasteiger partial charge in [0, 0.05) is 24.6 Å². The van der Waals surface area contributed by atoms with Crippen LogP contribution in [0.1, 0.15) is 28.8 Å². The van der Waals surface area contributed by atoms with E-state index in [2.05, 4.69) is 10.6 Å². The van der Waals surface area contributed by atoms with E-state index in [4.69, 9.17) is 14.2 Å². The van der Waals surface area contributed by atoms with Crippen LogP contribution in [0.15, 0.2) is 42.5 Å². The highest BCUT2D eigenvalue weighted by Crippen LogP contribution is 2.33. The maximum Gasteiger partial charge on any atom is 0.258 e. The number of fused-ring (bicyclic) bond motifs is 7. The molecular formula is C25H27N3O6.